The molecule has 1 heterocycles. The average molecular weight is 302 g/mol. The minimum Gasteiger partial charge on any atom is -0.392 e. The molecule has 0 atom stereocenters. The fourth-order valence-corrected chi connectivity index (χ4v) is 3.95. The molecule has 2 aliphatic rings. The Morgan fingerprint density at radius 3 is 2.73 bits per heavy atom. The van der Waals surface area contributed by atoms with Gasteiger partial charge in [0.25, 0.3) is 0 Å². The van der Waals surface area contributed by atoms with Gasteiger partial charge in [-0.3, -0.25) is 0 Å². The van der Waals surface area contributed by atoms with Gasteiger partial charge in [0.15, 0.2) is 0 Å². The monoisotopic (exact) mass is 302 g/mol. The van der Waals surface area contributed by atoms with E-state index in [4.69, 9.17) is 5.11 Å². The third kappa shape index (κ3) is 3.43. The largest absolute Gasteiger partial charge is 0.392 e. The maximum Gasteiger partial charge on any atom is 0.317 e. The van der Waals surface area contributed by atoms with Crippen molar-refractivity contribution < 1.29 is 9.90 Å². The first-order valence-electron chi connectivity index (χ1n) is 8.42. The molecule has 0 unspecified atom stereocenters. The Balaban J connectivity index is 1.52. The zero-order chi connectivity index (χ0) is 15.4. The summed E-state index contributed by atoms with van der Waals surface area (Å²) in [4.78, 5) is 14.4. The first kappa shape index (κ1) is 15.3. The van der Waals surface area contributed by atoms with Crippen molar-refractivity contribution in [2.45, 2.75) is 51.7 Å². The van der Waals surface area contributed by atoms with Crippen LogP contribution in [0.15, 0.2) is 24.3 Å². The van der Waals surface area contributed by atoms with E-state index in [-0.39, 0.29) is 12.6 Å². The molecular weight excluding hydrogens is 276 g/mol. The van der Waals surface area contributed by atoms with E-state index in [2.05, 4.69) is 5.32 Å². The van der Waals surface area contributed by atoms with Crippen LogP contribution in [-0.2, 0) is 13.2 Å². The predicted octanol–water partition coefficient (Wildman–Crippen LogP) is 3.04. The average Bonchev–Trinajstić information content (AvgIpc) is 2.97. The van der Waals surface area contributed by atoms with Gasteiger partial charge in [-0.15, -0.1) is 0 Å². The molecule has 1 aromatic rings. The Kier molecular flexibility index (Phi) is 4.67. The number of hydrogen-bond donors (Lipinski definition) is 2. The Hall–Kier alpha value is -1.55. The number of nitrogens with one attached hydrogen (secondary N) is 1. The van der Waals surface area contributed by atoms with Crippen molar-refractivity contribution >= 4 is 6.03 Å². The Bertz CT molecular complexity index is 524. The lowest BCUT2D eigenvalue weighted by atomic mass is 9.73. The quantitative estimate of drug-likeness (QED) is 0.901. The molecule has 1 aromatic carbocycles. The number of aliphatic hydroxyl groups excluding tert-OH is 1. The van der Waals surface area contributed by atoms with Crippen LogP contribution in [0.5, 0.6) is 0 Å². The molecule has 2 amide bonds. The van der Waals surface area contributed by atoms with Gasteiger partial charge in [0.2, 0.25) is 0 Å². The summed E-state index contributed by atoms with van der Waals surface area (Å²) in [5.41, 5.74) is 2.33. The zero-order valence-corrected chi connectivity index (χ0v) is 13.2. The van der Waals surface area contributed by atoms with Gasteiger partial charge in [0.1, 0.15) is 0 Å². The van der Waals surface area contributed by atoms with Crippen molar-refractivity contribution in [3.05, 3.63) is 35.4 Å². The van der Waals surface area contributed by atoms with Crippen LogP contribution < -0.4 is 5.32 Å². The summed E-state index contributed by atoms with van der Waals surface area (Å²) in [5, 5.41) is 12.2. The molecule has 120 valence electrons. The molecule has 2 N–H and O–H groups in total. The lowest BCUT2D eigenvalue weighted by Crippen LogP contribution is -2.39. The maximum absolute atomic E-state index is 12.4. The number of rotatable bonds is 3. The first-order valence-corrected chi connectivity index (χ1v) is 8.42. The van der Waals surface area contributed by atoms with Crippen molar-refractivity contribution in [3.8, 4) is 0 Å². The van der Waals surface area contributed by atoms with Gasteiger partial charge in [-0.25, -0.2) is 4.79 Å². The molecule has 2 fully saturated rings. The number of amides is 2. The van der Waals surface area contributed by atoms with Gasteiger partial charge >= 0.3 is 6.03 Å². The number of aliphatic hydroxyl groups is 1. The third-order valence-electron chi connectivity index (χ3n) is 5.26. The number of carbonyl (C=O) groups is 1. The molecule has 0 radical (unpaired) electrons. The predicted molar refractivity (Wildman–Crippen MR) is 86.3 cm³/mol. The van der Waals surface area contributed by atoms with Crippen LogP contribution >= 0.6 is 0 Å². The molecular formula is C18H26N2O2. The lowest BCUT2D eigenvalue weighted by molar-refractivity contribution is 0.177. The second-order valence-electron chi connectivity index (χ2n) is 6.87. The molecule has 1 aliphatic heterocycles. The molecule has 0 aromatic heterocycles. The van der Waals surface area contributed by atoms with Crippen LogP contribution in [0.1, 0.15) is 49.7 Å². The van der Waals surface area contributed by atoms with Crippen molar-refractivity contribution in [2.24, 2.45) is 5.41 Å². The standard InChI is InChI=1S/C18H26N2O2/c21-13-16-6-4-5-15(11-16)12-19-17(22)20-10-9-18(14-20)7-2-1-3-8-18/h4-6,11,21H,1-3,7-10,12-14H2,(H,19,22). The molecule has 1 saturated carbocycles. The van der Waals surface area contributed by atoms with Crippen molar-refractivity contribution in [3.63, 3.8) is 0 Å². The summed E-state index contributed by atoms with van der Waals surface area (Å²) in [5.74, 6) is 0. The summed E-state index contributed by atoms with van der Waals surface area (Å²) in [7, 11) is 0. The van der Waals surface area contributed by atoms with E-state index < -0.39 is 0 Å². The van der Waals surface area contributed by atoms with Crippen molar-refractivity contribution in [1.82, 2.24) is 10.2 Å². The molecule has 4 heteroatoms. The lowest BCUT2D eigenvalue weighted by Gasteiger charge is -2.33. The Labute approximate surface area is 132 Å². The topological polar surface area (TPSA) is 52.6 Å². The summed E-state index contributed by atoms with van der Waals surface area (Å²) in [6.07, 6.45) is 7.74. The molecule has 1 aliphatic carbocycles. The zero-order valence-electron chi connectivity index (χ0n) is 13.2. The minimum absolute atomic E-state index is 0.0381. The van der Waals surface area contributed by atoms with E-state index in [0.717, 1.165) is 24.2 Å². The highest BCUT2D eigenvalue weighted by molar-refractivity contribution is 5.74. The minimum atomic E-state index is 0.0381. The van der Waals surface area contributed by atoms with Crippen LogP contribution in [0.3, 0.4) is 0 Å². The van der Waals surface area contributed by atoms with Crippen LogP contribution in [0.4, 0.5) is 4.79 Å². The first-order chi connectivity index (χ1) is 10.7. The number of benzene rings is 1. The van der Waals surface area contributed by atoms with Crippen molar-refractivity contribution in [1.29, 1.82) is 0 Å². The van der Waals surface area contributed by atoms with E-state index in [9.17, 15) is 4.79 Å². The smallest absolute Gasteiger partial charge is 0.317 e. The molecule has 0 bridgehead atoms. The van der Waals surface area contributed by atoms with Gasteiger partial charge in [-0.05, 0) is 35.8 Å². The number of carbonyl (C=O) groups excluding carboxylic acids is 1. The summed E-state index contributed by atoms with van der Waals surface area (Å²) < 4.78 is 0. The molecule has 4 nitrogen and oxygen atoms in total. The molecule has 1 spiro atoms. The fourth-order valence-electron chi connectivity index (χ4n) is 3.95. The van der Waals surface area contributed by atoms with E-state index >= 15 is 0 Å². The second-order valence-corrected chi connectivity index (χ2v) is 6.87. The number of nitrogens with zero attached hydrogens (tertiary/aromatic N) is 1. The van der Waals surface area contributed by atoms with E-state index in [0.29, 0.717) is 12.0 Å². The van der Waals surface area contributed by atoms with Crippen LogP contribution in [0, 0.1) is 5.41 Å². The van der Waals surface area contributed by atoms with Gasteiger partial charge in [-0.2, -0.15) is 0 Å². The maximum atomic E-state index is 12.4. The highest BCUT2D eigenvalue weighted by Crippen LogP contribution is 2.43. The fraction of sp³-hybridized carbons (Fsp3) is 0.611. The highest BCUT2D eigenvalue weighted by Gasteiger charge is 2.40. The number of likely N-dealkylation sites (tertiary alicyclic amines) is 1. The van der Waals surface area contributed by atoms with E-state index in [1.807, 2.05) is 29.2 Å². The molecule has 1 saturated heterocycles. The van der Waals surface area contributed by atoms with Crippen molar-refractivity contribution in [2.75, 3.05) is 13.1 Å². The summed E-state index contributed by atoms with van der Waals surface area (Å²) >= 11 is 0. The second kappa shape index (κ2) is 6.69. The summed E-state index contributed by atoms with van der Waals surface area (Å²) in [6.45, 7) is 2.38. The van der Waals surface area contributed by atoms with Crippen LogP contribution in [0.2, 0.25) is 0 Å². The third-order valence-corrected chi connectivity index (χ3v) is 5.26. The summed E-state index contributed by atoms with van der Waals surface area (Å²) in [6, 6.07) is 7.77. The Morgan fingerprint density at radius 1 is 1.18 bits per heavy atom. The normalized spacial score (nSPS) is 20.3. The van der Waals surface area contributed by atoms with E-state index in [1.54, 1.807) is 0 Å². The van der Waals surface area contributed by atoms with Crippen LogP contribution in [0.25, 0.3) is 0 Å². The van der Waals surface area contributed by atoms with Gasteiger partial charge in [-0.1, -0.05) is 43.5 Å². The molecule has 22 heavy (non-hydrogen) atoms. The van der Waals surface area contributed by atoms with Gasteiger partial charge < -0.3 is 15.3 Å². The van der Waals surface area contributed by atoms with Gasteiger partial charge in [0.05, 0.1) is 6.61 Å². The van der Waals surface area contributed by atoms with Gasteiger partial charge in [0, 0.05) is 19.6 Å². The molecule has 3 rings (SSSR count). The van der Waals surface area contributed by atoms with Crippen LogP contribution in [-0.4, -0.2) is 29.1 Å². The highest BCUT2D eigenvalue weighted by atomic mass is 16.3. The SMILES string of the molecule is O=C(NCc1cccc(CO)c1)N1CCC2(CCCCC2)C1. The number of hydrogen-bond acceptors (Lipinski definition) is 2. The Morgan fingerprint density at radius 2 is 1.95 bits per heavy atom. The van der Waals surface area contributed by atoms with E-state index in [1.165, 1.54) is 38.5 Å². The number of urea groups is 1.